The summed E-state index contributed by atoms with van der Waals surface area (Å²) in [5.74, 6) is -0.472. The highest BCUT2D eigenvalue weighted by Crippen LogP contribution is 2.26. The van der Waals surface area contributed by atoms with Crippen molar-refractivity contribution >= 4 is 11.5 Å². The van der Waals surface area contributed by atoms with Crippen LogP contribution in [-0.2, 0) is 4.74 Å². The number of Topliss-reactive ketones (excluding diaryl/α,β-unsaturated/α-hetero) is 1. The van der Waals surface area contributed by atoms with Crippen LogP contribution in [0.1, 0.15) is 37.0 Å². The van der Waals surface area contributed by atoms with Crippen LogP contribution in [0.5, 0.6) is 0 Å². The van der Waals surface area contributed by atoms with E-state index >= 15 is 0 Å². The van der Waals surface area contributed by atoms with Gasteiger partial charge in [0.15, 0.2) is 5.78 Å². The van der Waals surface area contributed by atoms with Crippen LogP contribution in [0.15, 0.2) is 18.2 Å². The third-order valence-corrected chi connectivity index (χ3v) is 3.46. The van der Waals surface area contributed by atoms with Gasteiger partial charge in [-0.1, -0.05) is 0 Å². The molecule has 1 aliphatic heterocycles. The van der Waals surface area contributed by atoms with E-state index in [0.29, 0.717) is 12.2 Å². The highest BCUT2D eigenvalue weighted by atomic mass is 19.1. The molecule has 1 aliphatic rings. The largest absolute Gasteiger partial charge is 0.377 e. The first kappa shape index (κ1) is 14.0. The Morgan fingerprint density at radius 1 is 1.53 bits per heavy atom. The van der Waals surface area contributed by atoms with Crippen molar-refractivity contribution in [3.8, 4) is 0 Å². The minimum Gasteiger partial charge on any atom is -0.377 e. The summed E-state index contributed by atoms with van der Waals surface area (Å²) in [6.45, 7) is 5.80. The molecule has 1 heterocycles. The highest BCUT2D eigenvalue weighted by Gasteiger charge is 2.23. The molecule has 1 fully saturated rings. The molecule has 0 aliphatic carbocycles. The van der Waals surface area contributed by atoms with Crippen LogP contribution in [0.3, 0.4) is 0 Å². The Morgan fingerprint density at radius 2 is 2.32 bits per heavy atom. The molecule has 1 aromatic rings. The maximum absolute atomic E-state index is 13.3. The molecule has 104 valence electrons. The van der Waals surface area contributed by atoms with E-state index in [1.54, 1.807) is 6.07 Å². The second-order valence-corrected chi connectivity index (χ2v) is 4.88. The van der Waals surface area contributed by atoms with Crippen LogP contribution in [0.4, 0.5) is 10.1 Å². The van der Waals surface area contributed by atoms with Crippen molar-refractivity contribution in [1.82, 2.24) is 0 Å². The summed E-state index contributed by atoms with van der Waals surface area (Å²) in [5.41, 5.74) is 1.27. The molecule has 3 nitrogen and oxygen atoms in total. The van der Waals surface area contributed by atoms with E-state index in [9.17, 15) is 9.18 Å². The van der Waals surface area contributed by atoms with Crippen molar-refractivity contribution in [3.63, 3.8) is 0 Å². The molecule has 0 spiro atoms. The number of anilines is 1. The predicted octanol–water partition coefficient (Wildman–Crippen LogP) is 3.03. The van der Waals surface area contributed by atoms with Crippen molar-refractivity contribution < 1.29 is 13.9 Å². The third kappa shape index (κ3) is 3.32. The molecule has 0 N–H and O–H groups in total. The number of halogens is 1. The number of ketones is 1. The number of rotatable bonds is 4. The summed E-state index contributed by atoms with van der Waals surface area (Å²) in [6.07, 6.45) is 2.27. The zero-order valence-corrected chi connectivity index (χ0v) is 11.5. The van der Waals surface area contributed by atoms with Crippen molar-refractivity contribution in [3.05, 3.63) is 29.6 Å². The number of piperidine rings is 1. The van der Waals surface area contributed by atoms with Gasteiger partial charge in [-0.05, 0) is 44.9 Å². The van der Waals surface area contributed by atoms with E-state index in [1.165, 1.54) is 19.1 Å². The molecule has 0 saturated carbocycles. The summed E-state index contributed by atoms with van der Waals surface area (Å²) >= 11 is 0. The van der Waals surface area contributed by atoms with Gasteiger partial charge >= 0.3 is 0 Å². The standard InChI is InChI=1S/C15H20FNO2/c1-3-19-13-5-4-8-17(10-13)15-7-6-12(16)9-14(15)11(2)18/h6-7,9,13H,3-5,8,10H2,1-2H3. The average molecular weight is 265 g/mol. The number of hydrogen-bond donors (Lipinski definition) is 0. The van der Waals surface area contributed by atoms with Gasteiger partial charge in [0, 0.05) is 30.9 Å². The van der Waals surface area contributed by atoms with Crippen molar-refractivity contribution in [2.24, 2.45) is 0 Å². The molecule has 1 aromatic carbocycles. The van der Waals surface area contributed by atoms with Gasteiger partial charge in [0.1, 0.15) is 5.82 Å². The van der Waals surface area contributed by atoms with Crippen LogP contribution in [0.2, 0.25) is 0 Å². The minimum atomic E-state index is -0.368. The van der Waals surface area contributed by atoms with Gasteiger partial charge in [0.25, 0.3) is 0 Å². The number of benzene rings is 1. The molecule has 1 unspecified atom stereocenters. The fourth-order valence-corrected chi connectivity index (χ4v) is 2.59. The van der Waals surface area contributed by atoms with Crippen LogP contribution in [0, 0.1) is 5.82 Å². The summed E-state index contributed by atoms with van der Waals surface area (Å²) in [5, 5.41) is 0. The quantitative estimate of drug-likeness (QED) is 0.784. The first-order valence-corrected chi connectivity index (χ1v) is 6.79. The number of nitrogens with zero attached hydrogens (tertiary/aromatic N) is 1. The Labute approximate surface area is 113 Å². The Hall–Kier alpha value is -1.42. The van der Waals surface area contributed by atoms with Gasteiger partial charge in [-0.2, -0.15) is 0 Å². The summed E-state index contributed by atoms with van der Waals surface area (Å²) in [7, 11) is 0. The van der Waals surface area contributed by atoms with Crippen LogP contribution >= 0.6 is 0 Å². The molecular weight excluding hydrogens is 245 g/mol. The average Bonchev–Trinajstić information content (AvgIpc) is 2.39. The Bertz CT molecular complexity index is 459. The molecule has 0 radical (unpaired) electrons. The summed E-state index contributed by atoms with van der Waals surface area (Å²) in [4.78, 5) is 13.8. The number of carbonyl (C=O) groups is 1. The SMILES string of the molecule is CCOC1CCCN(c2ccc(F)cc2C(C)=O)C1. The molecule has 1 atom stereocenters. The zero-order valence-electron chi connectivity index (χ0n) is 11.5. The Balaban J connectivity index is 2.23. The molecular formula is C15H20FNO2. The molecule has 0 aromatic heterocycles. The van der Waals surface area contributed by atoms with Crippen LogP contribution in [0.25, 0.3) is 0 Å². The minimum absolute atomic E-state index is 0.104. The number of ether oxygens (including phenoxy) is 1. The molecule has 2 rings (SSSR count). The lowest BCUT2D eigenvalue weighted by Crippen LogP contribution is -2.40. The van der Waals surface area contributed by atoms with E-state index in [4.69, 9.17) is 4.74 Å². The third-order valence-electron chi connectivity index (χ3n) is 3.46. The van der Waals surface area contributed by atoms with Gasteiger partial charge < -0.3 is 9.64 Å². The van der Waals surface area contributed by atoms with E-state index in [0.717, 1.165) is 31.6 Å². The van der Waals surface area contributed by atoms with Gasteiger partial charge in [0.2, 0.25) is 0 Å². The smallest absolute Gasteiger partial charge is 0.161 e. The van der Waals surface area contributed by atoms with Crippen molar-refractivity contribution in [1.29, 1.82) is 0 Å². The number of hydrogen-bond acceptors (Lipinski definition) is 3. The van der Waals surface area contributed by atoms with E-state index in [-0.39, 0.29) is 17.7 Å². The lowest BCUT2D eigenvalue weighted by molar-refractivity contribution is 0.0526. The second-order valence-electron chi connectivity index (χ2n) is 4.88. The molecule has 4 heteroatoms. The Morgan fingerprint density at radius 3 is 3.00 bits per heavy atom. The van der Waals surface area contributed by atoms with Crippen molar-refractivity contribution in [2.45, 2.75) is 32.8 Å². The van der Waals surface area contributed by atoms with E-state index in [2.05, 4.69) is 4.90 Å². The molecule has 1 saturated heterocycles. The maximum Gasteiger partial charge on any atom is 0.161 e. The molecule has 0 amide bonds. The monoisotopic (exact) mass is 265 g/mol. The maximum atomic E-state index is 13.3. The zero-order chi connectivity index (χ0) is 13.8. The summed E-state index contributed by atoms with van der Waals surface area (Å²) in [6, 6.07) is 4.43. The first-order valence-electron chi connectivity index (χ1n) is 6.79. The van der Waals surface area contributed by atoms with Crippen LogP contribution in [-0.4, -0.2) is 31.6 Å². The first-order chi connectivity index (χ1) is 9.11. The van der Waals surface area contributed by atoms with Gasteiger partial charge in [-0.15, -0.1) is 0 Å². The van der Waals surface area contributed by atoms with E-state index in [1.807, 2.05) is 6.92 Å². The lowest BCUT2D eigenvalue weighted by atomic mass is 10.0. The number of carbonyl (C=O) groups excluding carboxylic acids is 1. The second kappa shape index (κ2) is 6.15. The van der Waals surface area contributed by atoms with Crippen molar-refractivity contribution in [2.75, 3.05) is 24.6 Å². The van der Waals surface area contributed by atoms with Crippen LogP contribution < -0.4 is 4.90 Å². The summed E-state index contributed by atoms with van der Waals surface area (Å²) < 4.78 is 18.9. The topological polar surface area (TPSA) is 29.5 Å². The Kier molecular flexibility index (Phi) is 4.53. The lowest BCUT2D eigenvalue weighted by Gasteiger charge is -2.35. The molecule has 0 bridgehead atoms. The van der Waals surface area contributed by atoms with Gasteiger partial charge in [0.05, 0.1) is 6.10 Å². The molecule has 19 heavy (non-hydrogen) atoms. The van der Waals surface area contributed by atoms with Gasteiger partial charge in [-0.25, -0.2) is 4.39 Å². The van der Waals surface area contributed by atoms with Gasteiger partial charge in [-0.3, -0.25) is 4.79 Å². The predicted molar refractivity (Wildman–Crippen MR) is 73.3 cm³/mol. The highest BCUT2D eigenvalue weighted by molar-refractivity contribution is 5.99. The van der Waals surface area contributed by atoms with E-state index < -0.39 is 0 Å². The fourth-order valence-electron chi connectivity index (χ4n) is 2.59. The normalized spacial score (nSPS) is 19.5. The fraction of sp³-hybridized carbons (Fsp3) is 0.533.